The van der Waals surface area contributed by atoms with Gasteiger partial charge in [-0.15, -0.1) is 0 Å². The Balaban J connectivity index is 2.09. The highest BCUT2D eigenvalue weighted by Gasteiger charge is 2.18. The maximum atomic E-state index is 12.2. The molecule has 2 aromatic heterocycles. The molecule has 6 heteroatoms. The molecule has 1 aromatic carbocycles. The molecule has 0 saturated heterocycles. The first-order valence-electron chi connectivity index (χ1n) is 8.99. The van der Waals surface area contributed by atoms with Crippen molar-refractivity contribution in [2.45, 2.75) is 46.1 Å². The van der Waals surface area contributed by atoms with Gasteiger partial charge in [0.2, 0.25) is 0 Å². The molecule has 0 amide bonds. The van der Waals surface area contributed by atoms with Crippen LogP contribution in [0.5, 0.6) is 0 Å². The lowest BCUT2D eigenvalue weighted by Gasteiger charge is -2.08. The summed E-state index contributed by atoms with van der Waals surface area (Å²) in [6, 6.07) is 7.98. The molecule has 3 rings (SSSR count). The average Bonchev–Trinajstić information content (AvgIpc) is 2.96. The number of para-hydroxylation sites is 1. The molecule has 5 nitrogen and oxygen atoms in total. The van der Waals surface area contributed by atoms with Crippen molar-refractivity contribution in [3.8, 4) is 0 Å². The average molecular weight is 359 g/mol. The van der Waals surface area contributed by atoms with Crippen molar-refractivity contribution in [1.29, 1.82) is 0 Å². The fourth-order valence-corrected chi connectivity index (χ4v) is 4.57. The van der Waals surface area contributed by atoms with Gasteiger partial charge in [0.25, 0.3) is 0 Å². The number of aryl methyl sites for hydroxylation is 2. The third-order valence-corrected chi connectivity index (χ3v) is 6.33. The second-order valence-electron chi connectivity index (χ2n) is 6.46. The molecule has 0 spiro atoms. The molecule has 0 unspecified atom stereocenters. The van der Waals surface area contributed by atoms with Gasteiger partial charge in [-0.25, -0.2) is 8.42 Å². The summed E-state index contributed by atoms with van der Waals surface area (Å²) in [6.45, 7) is 4.85. The number of nitrogens with zero attached hydrogens (tertiary/aromatic N) is 3. The zero-order valence-electron chi connectivity index (χ0n) is 14.9. The molecule has 0 aliphatic carbocycles. The van der Waals surface area contributed by atoms with E-state index in [0.717, 1.165) is 46.9 Å². The van der Waals surface area contributed by atoms with Crippen molar-refractivity contribution in [1.82, 2.24) is 14.8 Å². The highest BCUT2D eigenvalue weighted by molar-refractivity contribution is 7.91. The lowest BCUT2D eigenvalue weighted by Crippen LogP contribution is -2.15. The van der Waals surface area contributed by atoms with Crippen molar-refractivity contribution in [3.05, 3.63) is 36.2 Å². The van der Waals surface area contributed by atoms with Gasteiger partial charge >= 0.3 is 0 Å². The van der Waals surface area contributed by atoms with Crippen molar-refractivity contribution < 1.29 is 8.42 Å². The molecule has 0 N–H and O–H groups in total. The Labute approximate surface area is 149 Å². The second-order valence-corrected chi connectivity index (χ2v) is 8.76. The van der Waals surface area contributed by atoms with E-state index in [-0.39, 0.29) is 11.5 Å². The molecule has 0 radical (unpaired) electrons. The van der Waals surface area contributed by atoms with E-state index in [1.54, 1.807) is 6.20 Å². The zero-order valence-corrected chi connectivity index (χ0v) is 15.7. The van der Waals surface area contributed by atoms with Gasteiger partial charge in [-0.1, -0.05) is 38.5 Å². The number of aromatic nitrogens is 3. The predicted octanol–water partition coefficient (Wildman–Crippen LogP) is 3.75. The van der Waals surface area contributed by atoms with Crippen LogP contribution in [0.25, 0.3) is 21.8 Å². The summed E-state index contributed by atoms with van der Waals surface area (Å²) < 4.78 is 26.4. The van der Waals surface area contributed by atoms with E-state index in [2.05, 4.69) is 11.9 Å². The number of rotatable bonds is 8. The van der Waals surface area contributed by atoms with Crippen LogP contribution in [0.15, 0.2) is 30.5 Å². The molecule has 2 heterocycles. The normalized spacial score (nSPS) is 12.2. The summed E-state index contributed by atoms with van der Waals surface area (Å²) >= 11 is 0. The van der Waals surface area contributed by atoms with Crippen molar-refractivity contribution >= 4 is 31.6 Å². The maximum absolute atomic E-state index is 12.2. The Morgan fingerprint density at radius 2 is 1.84 bits per heavy atom. The largest absolute Gasteiger partial charge is 0.268 e. The summed E-state index contributed by atoms with van der Waals surface area (Å²) in [6.07, 6.45) is 5.04. The van der Waals surface area contributed by atoms with Gasteiger partial charge in [0.05, 0.1) is 17.5 Å². The Bertz CT molecular complexity index is 977. The minimum atomic E-state index is -3.02. The number of benzene rings is 1. The van der Waals surface area contributed by atoms with Crippen LogP contribution in [0.4, 0.5) is 0 Å². The van der Waals surface area contributed by atoms with E-state index < -0.39 is 9.84 Å². The third kappa shape index (κ3) is 3.84. The molecule has 3 aromatic rings. The quantitative estimate of drug-likeness (QED) is 0.614. The highest BCUT2D eigenvalue weighted by atomic mass is 32.2. The van der Waals surface area contributed by atoms with Crippen LogP contribution in [0, 0.1) is 0 Å². The van der Waals surface area contributed by atoms with Gasteiger partial charge in [0, 0.05) is 35.2 Å². The smallest absolute Gasteiger partial charge is 0.150 e. The summed E-state index contributed by atoms with van der Waals surface area (Å²) in [4.78, 5) is 4.49. The van der Waals surface area contributed by atoms with E-state index in [9.17, 15) is 8.42 Å². The number of sulfone groups is 1. The van der Waals surface area contributed by atoms with E-state index >= 15 is 0 Å². The van der Waals surface area contributed by atoms with E-state index in [1.807, 2.05) is 35.9 Å². The molecule has 0 saturated carbocycles. The van der Waals surface area contributed by atoms with Crippen LogP contribution in [0.1, 0.15) is 38.8 Å². The summed E-state index contributed by atoms with van der Waals surface area (Å²) in [5.41, 5.74) is 2.78. The first-order valence-corrected chi connectivity index (χ1v) is 10.8. The standard InChI is InChI=1S/C19H25N3O2S/c1-3-5-11-22-18(10-13-25(23,24)12-4-2)19-15-8-6-7-9-16(15)20-14-17(19)21-22/h6-9,14H,3-5,10-13H2,1-2H3. The zero-order chi connectivity index (χ0) is 17.9. The van der Waals surface area contributed by atoms with Gasteiger partial charge in [-0.3, -0.25) is 9.67 Å². The highest BCUT2D eigenvalue weighted by Crippen LogP contribution is 2.27. The van der Waals surface area contributed by atoms with E-state index in [0.29, 0.717) is 12.8 Å². The van der Waals surface area contributed by atoms with Crippen LogP contribution in [-0.2, 0) is 22.8 Å². The Morgan fingerprint density at radius 3 is 2.60 bits per heavy atom. The van der Waals surface area contributed by atoms with Gasteiger partial charge < -0.3 is 0 Å². The fraction of sp³-hybridized carbons (Fsp3) is 0.474. The molecular weight excluding hydrogens is 334 g/mol. The molecule has 0 bridgehead atoms. The van der Waals surface area contributed by atoms with E-state index in [1.165, 1.54) is 0 Å². The molecule has 134 valence electrons. The van der Waals surface area contributed by atoms with Crippen LogP contribution >= 0.6 is 0 Å². The molecule has 0 atom stereocenters. The van der Waals surface area contributed by atoms with Crippen LogP contribution in [-0.4, -0.2) is 34.7 Å². The topological polar surface area (TPSA) is 64.8 Å². The fourth-order valence-electron chi connectivity index (χ4n) is 3.24. The van der Waals surface area contributed by atoms with E-state index in [4.69, 9.17) is 5.10 Å². The summed E-state index contributed by atoms with van der Waals surface area (Å²) in [7, 11) is -3.02. The maximum Gasteiger partial charge on any atom is 0.150 e. The number of fused-ring (bicyclic) bond motifs is 3. The van der Waals surface area contributed by atoms with Crippen molar-refractivity contribution in [2.24, 2.45) is 0 Å². The Hall–Kier alpha value is -1.95. The number of hydrogen-bond donors (Lipinski definition) is 0. The molecule has 0 aliphatic rings. The second kappa shape index (κ2) is 7.52. The predicted molar refractivity (Wildman–Crippen MR) is 103 cm³/mol. The number of pyridine rings is 1. The molecule has 0 aliphatic heterocycles. The number of hydrogen-bond acceptors (Lipinski definition) is 4. The minimum absolute atomic E-state index is 0.171. The van der Waals surface area contributed by atoms with Gasteiger partial charge in [0.1, 0.15) is 5.52 Å². The first kappa shape index (κ1) is 17.9. The monoisotopic (exact) mass is 359 g/mol. The van der Waals surface area contributed by atoms with Crippen molar-refractivity contribution in [3.63, 3.8) is 0 Å². The van der Waals surface area contributed by atoms with Crippen LogP contribution < -0.4 is 0 Å². The van der Waals surface area contributed by atoms with Crippen molar-refractivity contribution in [2.75, 3.05) is 11.5 Å². The van der Waals surface area contributed by atoms with Gasteiger partial charge in [-0.2, -0.15) is 5.10 Å². The summed E-state index contributed by atoms with van der Waals surface area (Å²) in [5.74, 6) is 0.417. The van der Waals surface area contributed by atoms with Gasteiger partial charge in [0.15, 0.2) is 9.84 Å². The SMILES string of the molecule is CCCCn1nc2cnc3ccccc3c2c1CCS(=O)(=O)CCC. The first-order chi connectivity index (χ1) is 12.1. The minimum Gasteiger partial charge on any atom is -0.268 e. The number of unbranched alkanes of at least 4 members (excludes halogenated alkanes) is 1. The van der Waals surface area contributed by atoms with Crippen LogP contribution in [0.3, 0.4) is 0 Å². The lowest BCUT2D eigenvalue weighted by atomic mass is 10.1. The lowest BCUT2D eigenvalue weighted by molar-refractivity contribution is 0.553. The Morgan fingerprint density at radius 1 is 1.04 bits per heavy atom. The molecule has 0 fully saturated rings. The van der Waals surface area contributed by atoms with Gasteiger partial charge in [-0.05, 0) is 18.9 Å². The van der Waals surface area contributed by atoms with Crippen LogP contribution in [0.2, 0.25) is 0 Å². The Kier molecular flexibility index (Phi) is 5.37. The molecular formula is C19H25N3O2S. The molecule has 25 heavy (non-hydrogen) atoms. The summed E-state index contributed by atoms with van der Waals surface area (Å²) in [5, 5.41) is 6.80. The third-order valence-electron chi connectivity index (χ3n) is 4.47.